The highest BCUT2D eigenvalue weighted by Crippen LogP contribution is 2.27. The standard InChI is InChI=1S/C29H25ClN4OS/c1-20-5-4-6-22(15-20)18-34-27-17-31-14-13-26(27)33-29(34)36-19-21-9-11-23(12-10-21)28(35)32-16-24-7-2-3-8-25(24)30/h2-15,17H,16,18-19H2,1H3,(H,32,35). The smallest absolute Gasteiger partial charge is 0.251 e. The normalized spacial score (nSPS) is 11.1. The summed E-state index contributed by atoms with van der Waals surface area (Å²) in [5, 5.41) is 4.53. The number of imidazole rings is 1. The molecule has 0 atom stereocenters. The zero-order valence-electron chi connectivity index (χ0n) is 19.8. The summed E-state index contributed by atoms with van der Waals surface area (Å²) in [6.07, 6.45) is 3.65. The first kappa shape index (κ1) is 24.1. The lowest BCUT2D eigenvalue weighted by Gasteiger charge is -2.10. The Morgan fingerprint density at radius 2 is 1.83 bits per heavy atom. The van der Waals surface area contributed by atoms with Gasteiger partial charge in [0.25, 0.3) is 5.91 Å². The van der Waals surface area contributed by atoms with Crippen molar-refractivity contribution in [2.75, 3.05) is 0 Å². The molecule has 5 aromatic rings. The van der Waals surface area contributed by atoms with E-state index in [2.05, 4.69) is 46.1 Å². The maximum absolute atomic E-state index is 12.6. The topological polar surface area (TPSA) is 59.8 Å². The van der Waals surface area contributed by atoms with Crippen LogP contribution in [0.3, 0.4) is 0 Å². The van der Waals surface area contributed by atoms with Crippen LogP contribution in [0.4, 0.5) is 0 Å². The van der Waals surface area contributed by atoms with E-state index >= 15 is 0 Å². The van der Waals surface area contributed by atoms with Crippen LogP contribution in [0.15, 0.2) is 96.4 Å². The number of pyridine rings is 1. The van der Waals surface area contributed by atoms with E-state index in [0.29, 0.717) is 17.1 Å². The molecule has 5 nitrogen and oxygen atoms in total. The van der Waals surface area contributed by atoms with Crippen LogP contribution in [0, 0.1) is 6.92 Å². The van der Waals surface area contributed by atoms with Crippen molar-refractivity contribution in [3.05, 3.63) is 124 Å². The lowest BCUT2D eigenvalue weighted by Crippen LogP contribution is -2.22. The number of halogens is 1. The fourth-order valence-electron chi connectivity index (χ4n) is 4.02. The van der Waals surface area contributed by atoms with Gasteiger partial charge in [0.2, 0.25) is 0 Å². The van der Waals surface area contributed by atoms with Gasteiger partial charge >= 0.3 is 0 Å². The van der Waals surface area contributed by atoms with Crippen LogP contribution in [0.25, 0.3) is 11.0 Å². The van der Waals surface area contributed by atoms with Crippen molar-refractivity contribution in [1.82, 2.24) is 19.9 Å². The maximum atomic E-state index is 12.6. The third-order valence-electron chi connectivity index (χ3n) is 5.92. The van der Waals surface area contributed by atoms with Crippen LogP contribution in [0.5, 0.6) is 0 Å². The summed E-state index contributed by atoms with van der Waals surface area (Å²) in [5.41, 5.74) is 7.05. The molecule has 0 unspecified atom stereocenters. The van der Waals surface area contributed by atoms with Gasteiger partial charge in [-0.25, -0.2) is 4.98 Å². The van der Waals surface area contributed by atoms with Crippen molar-refractivity contribution in [1.29, 1.82) is 0 Å². The molecule has 2 heterocycles. The highest BCUT2D eigenvalue weighted by molar-refractivity contribution is 7.98. The Balaban J connectivity index is 1.27. The Hall–Kier alpha value is -3.61. The number of rotatable bonds is 8. The molecule has 36 heavy (non-hydrogen) atoms. The average molecular weight is 513 g/mol. The number of hydrogen-bond donors (Lipinski definition) is 1. The van der Waals surface area contributed by atoms with E-state index in [1.165, 1.54) is 11.1 Å². The number of carbonyl (C=O) groups excluding carboxylic acids is 1. The van der Waals surface area contributed by atoms with Crippen LogP contribution < -0.4 is 5.32 Å². The second kappa shape index (κ2) is 11.0. The van der Waals surface area contributed by atoms with Crippen LogP contribution >= 0.6 is 23.4 Å². The minimum absolute atomic E-state index is 0.124. The predicted molar refractivity (Wildman–Crippen MR) is 146 cm³/mol. The van der Waals surface area contributed by atoms with Crippen LogP contribution in [-0.2, 0) is 18.8 Å². The number of aryl methyl sites for hydroxylation is 1. The number of amides is 1. The van der Waals surface area contributed by atoms with Crippen LogP contribution in [0.1, 0.15) is 32.6 Å². The Bertz CT molecular complexity index is 1510. The largest absolute Gasteiger partial charge is 0.348 e. The SMILES string of the molecule is Cc1cccc(Cn2c(SCc3ccc(C(=O)NCc4ccccc4Cl)cc3)nc3ccncc32)c1. The molecule has 1 N–H and O–H groups in total. The van der Waals surface area contributed by atoms with Crippen molar-refractivity contribution < 1.29 is 4.79 Å². The number of thioether (sulfide) groups is 1. The lowest BCUT2D eigenvalue weighted by atomic mass is 10.1. The molecule has 7 heteroatoms. The molecule has 0 radical (unpaired) electrons. The first-order valence-corrected chi connectivity index (χ1v) is 13.0. The zero-order chi connectivity index (χ0) is 24.9. The zero-order valence-corrected chi connectivity index (χ0v) is 21.4. The molecule has 0 aliphatic rings. The van der Waals surface area contributed by atoms with Gasteiger partial charge in [-0.3, -0.25) is 9.78 Å². The maximum Gasteiger partial charge on any atom is 0.251 e. The molecule has 180 valence electrons. The van der Waals surface area contributed by atoms with Crippen LogP contribution in [-0.4, -0.2) is 20.4 Å². The van der Waals surface area contributed by atoms with Crippen molar-refractivity contribution in [3.63, 3.8) is 0 Å². The highest BCUT2D eigenvalue weighted by atomic mass is 35.5. The fourth-order valence-corrected chi connectivity index (χ4v) is 5.20. The molecular weight excluding hydrogens is 488 g/mol. The van der Waals surface area contributed by atoms with E-state index in [1.54, 1.807) is 18.0 Å². The molecule has 5 rings (SSSR count). The van der Waals surface area contributed by atoms with E-state index < -0.39 is 0 Å². The monoisotopic (exact) mass is 512 g/mol. The summed E-state index contributed by atoms with van der Waals surface area (Å²) in [7, 11) is 0. The molecule has 2 aromatic heterocycles. The van der Waals surface area contributed by atoms with Gasteiger partial charge in [-0.05, 0) is 47.9 Å². The van der Waals surface area contributed by atoms with Crippen LogP contribution in [0.2, 0.25) is 5.02 Å². The van der Waals surface area contributed by atoms with Gasteiger partial charge in [-0.1, -0.05) is 83.5 Å². The number of nitrogens with one attached hydrogen (secondary N) is 1. The highest BCUT2D eigenvalue weighted by Gasteiger charge is 2.13. The third-order valence-corrected chi connectivity index (χ3v) is 7.34. The molecular formula is C29H25ClN4OS. The summed E-state index contributed by atoms with van der Waals surface area (Å²) in [5.74, 6) is 0.619. The molecule has 0 fully saturated rings. The van der Waals surface area contributed by atoms with Gasteiger partial charge in [0.15, 0.2) is 5.16 Å². The minimum atomic E-state index is -0.124. The van der Waals surface area contributed by atoms with E-state index in [4.69, 9.17) is 16.6 Å². The summed E-state index contributed by atoms with van der Waals surface area (Å²) in [6, 6.07) is 25.7. The van der Waals surface area contributed by atoms with E-state index in [0.717, 1.165) is 39.6 Å². The van der Waals surface area contributed by atoms with Crippen molar-refractivity contribution in [2.45, 2.75) is 30.9 Å². The molecule has 1 amide bonds. The molecule has 0 aliphatic carbocycles. The molecule has 0 saturated heterocycles. The fraction of sp³-hybridized carbons (Fsp3) is 0.138. The third kappa shape index (κ3) is 5.61. The Labute approximate surface area is 219 Å². The van der Waals surface area contributed by atoms with Gasteiger partial charge in [0.1, 0.15) is 0 Å². The molecule has 0 aliphatic heterocycles. The van der Waals surface area contributed by atoms with E-state index in [-0.39, 0.29) is 5.91 Å². The van der Waals surface area contributed by atoms with Crippen molar-refractivity contribution in [3.8, 4) is 0 Å². The van der Waals surface area contributed by atoms with Gasteiger partial charge in [0.05, 0.1) is 23.8 Å². The van der Waals surface area contributed by atoms with Gasteiger partial charge in [-0.2, -0.15) is 0 Å². The Morgan fingerprint density at radius 1 is 1.00 bits per heavy atom. The van der Waals surface area contributed by atoms with Gasteiger partial charge < -0.3 is 9.88 Å². The van der Waals surface area contributed by atoms with E-state index in [1.807, 2.05) is 60.8 Å². The second-order valence-corrected chi connectivity index (χ2v) is 9.94. The number of hydrogen-bond acceptors (Lipinski definition) is 4. The lowest BCUT2D eigenvalue weighted by molar-refractivity contribution is 0.0951. The summed E-state index contributed by atoms with van der Waals surface area (Å²) in [6.45, 7) is 3.23. The Kier molecular flexibility index (Phi) is 7.35. The first-order chi connectivity index (χ1) is 17.6. The first-order valence-electron chi connectivity index (χ1n) is 11.7. The predicted octanol–water partition coefficient (Wildman–Crippen LogP) is 6.66. The Morgan fingerprint density at radius 3 is 2.64 bits per heavy atom. The number of fused-ring (bicyclic) bond motifs is 1. The average Bonchev–Trinajstić information content (AvgIpc) is 3.24. The number of nitrogens with zero attached hydrogens (tertiary/aromatic N) is 3. The summed E-state index contributed by atoms with van der Waals surface area (Å²) >= 11 is 7.87. The van der Waals surface area contributed by atoms with Gasteiger partial charge in [0, 0.05) is 29.1 Å². The quantitative estimate of drug-likeness (QED) is 0.236. The summed E-state index contributed by atoms with van der Waals surface area (Å²) < 4.78 is 2.22. The summed E-state index contributed by atoms with van der Waals surface area (Å²) in [4.78, 5) is 21.8. The molecule has 3 aromatic carbocycles. The minimum Gasteiger partial charge on any atom is -0.348 e. The van der Waals surface area contributed by atoms with Crippen molar-refractivity contribution in [2.24, 2.45) is 0 Å². The van der Waals surface area contributed by atoms with E-state index in [9.17, 15) is 4.79 Å². The molecule has 0 saturated carbocycles. The molecule has 0 spiro atoms. The second-order valence-electron chi connectivity index (χ2n) is 8.59. The van der Waals surface area contributed by atoms with Gasteiger partial charge in [-0.15, -0.1) is 0 Å². The van der Waals surface area contributed by atoms with Crippen molar-refractivity contribution >= 4 is 40.3 Å². The molecule has 0 bridgehead atoms. The number of benzene rings is 3. The number of aromatic nitrogens is 3. The number of carbonyl (C=O) groups is 1.